The van der Waals surface area contributed by atoms with Crippen LogP contribution in [0.2, 0.25) is 5.82 Å². The first kappa shape index (κ1) is 16.6. The molecule has 0 aromatic carbocycles. The van der Waals surface area contributed by atoms with Gasteiger partial charge in [0.2, 0.25) is 0 Å². The van der Waals surface area contributed by atoms with E-state index in [9.17, 15) is 13.2 Å². The maximum atomic E-state index is 12.1. The van der Waals surface area contributed by atoms with E-state index in [1.54, 1.807) is 6.07 Å². The third-order valence-electron chi connectivity index (χ3n) is 4.83. The van der Waals surface area contributed by atoms with Crippen molar-refractivity contribution in [1.29, 1.82) is 0 Å². The zero-order valence-corrected chi connectivity index (χ0v) is 13.5. The van der Waals surface area contributed by atoms with E-state index in [4.69, 9.17) is 9.31 Å². The smallest absolute Gasteiger partial charge is 0.404 e. The molecule has 2 fully saturated rings. The fourth-order valence-corrected chi connectivity index (χ4v) is 2.72. The molecule has 23 heavy (non-hydrogen) atoms. The molecular formula is C15H19BF3NO3. The van der Waals surface area contributed by atoms with Crippen LogP contribution >= 0.6 is 0 Å². The van der Waals surface area contributed by atoms with Crippen molar-refractivity contribution in [3.8, 4) is 5.75 Å². The molecule has 3 rings (SSSR count). The molecule has 0 unspecified atom stereocenters. The minimum atomic E-state index is -4.70. The predicted molar refractivity (Wildman–Crippen MR) is 78.1 cm³/mol. The number of hydrogen-bond donors (Lipinski definition) is 0. The Morgan fingerprint density at radius 1 is 1.17 bits per heavy atom. The van der Waals surface area contributed by atoms with Crippen molar-refractivity contribution in [3.63, 3.8) is 0 Å². The molecule has 8 heteroatoms. The first-order valence-electron chi connectivity index (χ1n) is 7.56. The lowest BCUT2D eigenvalue weighted by atomic mass is 9.80. The Bertz CT molecular complexity index is 573. The first-order valence-corrected chi connectivity index (χ1v) is 7.56. The highest BCUT2D eigenvalue weighted by molar-refractivity contribution is 6.49. The number of rotatable bonds is 3. The van der Waals surface area contributed by atoms with Crippen molar-refractivity contribution in [2.45, 2.75) is 63.4 Å². The molecular weight excluding hydrogens is 310 g/mol. The molecule has 1 saturated carbocycles. The second-order valence-corrected chi connectivity index (χ2v) is 7.10. The summed E-state index contributed by atoms with van der Waals surface area (Å²) in [5, 5.41) is 0. The molecule has 1 aromatic heterocycles. The van der Waals surface area contributed by atoms with Gasteiger partial charge in [0.1, 0.15) is 5.75 Å². The van der Waals surface area contributed by atoms with Crippen molar-refractivity contribution < 1.29 is 27.2 Å². The van der Waals surface area contributed by atoms with Crippen molar-refractivity contribution in [1.82, 2.24) is 4.98 Å². The Hall–Kier alpha value is -1.28. The SMILES string of the molecule is CC1(C)OB([C@H]2C[C@H]2c2ccc(OC(F)(F)F)cn2)OC1(C)C. The lowest BCUT2D eigenvalue weighted by Crippen LogP contribution is -2.41. The van der Waals surface area contributed by atoms with Gasteiger partial charge in [-0.3, -0.25) is 4.98 Å². The van der Waals surface area contributed by atoms with Crippen LogP contribution in [0.1, 0.15) is 45.7 Å². The highest BCUT2D eigenvalue weighted by Crippen LogP contribution is 2.58. The van der Waals surface area contributed by atoms with E-state index in [0.717, 1.165) is 18.3 Å². The monoisotopic (exact) mass is 329 g/mol. The van der Waals surface area contributed by atoms with E-state index in [-0.39, 0.29) is 35.8 Å². The first-order chi connectivity index (χ1) is 10.5. The van der Waals surface area contributed by atoms with Crippen molar-refractivity contribution in [3.05, 3.63) is 24.0 Å². The molecule has 126 valence electrons. The molecule has 0 N–H and O–H groups in total. The van der Waals surface area contributed by atoms with Crippen molar-refractivity contribution in [2.75, 3.05) is 0 Å². The Balaban J connectivity index is 1.63. The molecule has 0 bridgehead atoms. The van der Waals surface area contributed by atoms with Gasteiger partial charge in [-0.25, -0.2) is 0 Å². The third kappa shape index (κ3) is 3.33. The van der Waals surface area contributed by atoms with E-state index in [1.165, 1.54) is 6.07 Å². The summed E-state index contributed by atoms with van der Waals surface area (Å²) in [5.41, 5.74) is -0.0371. The van der Waals surface area contributed by atoms with Gasteiger partial charge in [0.15, 0.2) is 0 Å². The lowest BCUT2D eigenvalue weighted by Gasteiger charge is -2.32. The molecule has 2 atom stereocenters. The molecule has 1 aliphatic carbocycles. The Labute approximate surface area is 133 Å². The topological polar surface area (TPSA) is 40.6 Å². The van der Waals surface area contributed by atoms with Gasteiger partial charge in [0.05, 0.1) is 17.4 Å². The Kier molecular flexibility index (Phi) is 3.68. The van der Waals surface area contributed by atoms with E-state index in [1.807, 2.05) is 27.7 Å². The van der Waals surface area contributed by atoms with Crippen LogP contribution in [-0.4, -0.2) is 29.7 Å². The minimum Gasteiger partial charge on any atom is -0.404 e. The van der Waals surface area contributed by atoms with Gasteiger partial charge in [0, 0.05) is 17.4 Å². The van der Waals surface area contributed by atoms with Gasteiger partial charge in [-0.05, 0) is 46.2 Å². The molecule has 2 aliphatic rings. The standard InChI is InChI=1S/C15H19BF3NO3/c1-13(2)14(3,4)23-16(22-13)11-7-10(11)12-6-5-9(8-20-12)21-15(17,18)19/h5-6,8,10-11H,7H2,1-4H3/t10-,11+/m1/s1. The third-order valence-corrected chi connectivity index (χ3v) is 4.83. The van der Waals surface area contributed by atoms with E-state index < -0.39 is 6.36 Å². The summed E-state index contributed by atoms with van der Waals surface area (Å²) in [6.07, 6.45) is -2.75. The van der Waals surface area contributed by atoms with Gasteiger partial charge >= 0.3 is 13.5 Å². The largest absolute Gasteiger partial charge is 0.573 e. The van der Waals surface area contributed by atoms with Crippen LogP contribution in [-0.2, 0) is 9.31 Å². The molecule has 0 radical (unpaired) electrons. The number of aromatic nitrogens is 1. The number of ether oxygens (including phenoxy) is 1. The van der Waals surface area contributed by atoms with Gasteiger partial charge in [-0.2, -0.15) is 0 Å². The highest BCUT2D eigenvalue weighted by atomic mass is 19.4. The van der Waals surface area contributed by atoms with Gasteiger partial charge < -0.3 is 14.0 Å². The van der Waals surface area contributed by atoms with Gasteiger partial charge in [-0.1, -0.05) is 0 Å². The number of nitrogens with zero attached hydrogens (tertiary/aromatic N) is 1. The molecule has 2 heterocycles. The molecule has 0 amide bonds. The number of hydrogen-bond acceptors (Lipinski definition) is 4. The van der Waals surface area contributed by atoms with Crippen LogP contribution in [0.4, 0.5) is 13.2 Å². The molecule has 1 aromatic rings. The summed E-state index contributed by atoms with van der Waals surface area (Å²) in [6, 6.07) is 2.85. The van der Waals surface area contributed by atoms with Crippen molar-refractivity contribution >= 4 is 7.12 Å². The number of halogens is 3. The zero-order valence-electron chi connectivity index (χ0n) is 13.5. The van der Waals surface area contributed by atoms with E-state index in [2.05, 4.69) is 9.72 Å². The highest BCUT2D eigenvalue weighted by Gasteiger charge is 2.60. The maximum Gasteiger partial charge on any atom is 0.573 e. The molecule has 1 aliphatic heterocycles. The minimum absolute atomic E-state index is 0.143. The average molecular weight is 329 g/mol. The summed E-state index contributed by atoms with van der Waals surface area (Å²) in [6.45, 7) is 7.97. The summed E-state index contributed by atoms with van der Waals surface area (Å²) < 4.78 is 52.3. The number of alkyl halides is 3. The van der Waals surface area contributed by atoms with Gasteiger partial charge in [-0.15, -0.1) is 13.2 Å². The average Bonchev–Trinajstić information content (AvgIpc) is 3.12. The van der Waals surface area contributed by atoms with E-state index in [0.29, 0.717) is 0 Å². The van der Waals surface area contributed by atoms with Crippen LogP contribution in [0.5, 0.6) is 5.75 Å². The summed E-state index contributed by atoms with van der Waals surface area (Å²) in [4.78, 5) is 4.08. The lowest BCUT2D eigenvalue weighted by molar-refractivity contribution is -0.274. The van der Waals surface area contributed by atoms with Crippen LogP contribution in [0.25, 0.3) is 0 Å². The molecule has 0 spiro atoms. The fraction of sp³-hybridized carbons (Fsp3) is 0.667. The molecule has 1 saturated heterocycles. The number of pyridine rings is 1. The van der Waals surface area contributed by atoms with Crippen molar-refractivity contribution in [2.24, 2.45) is 0 Å². The zero-order chi connectivity index (χ0) is 17.0. The van der Waals surface area contributed by atoms with Gasteiger partial charge in [0.25, 0.3) is 0 Å². The maximum absolute atomic E-state index is 12.1. The van der Waals surface area contributed by atoms with Crippen LogP contribution in [0, 0.1) is 0 Å². The van der Waals surface area contributed by atoms with Crippen LogP contribution < -0.4 is 4.74 Å². The molecule has 4 nitrogen and oxygen atoms in total. The second-order valence-electron chi connectivity index (χ2n) is 7.10. The van der Waals surface area contributed by atoms with E-state index >= 15 is 0 Å². The predicted octanol–water partition coefficient (Wildman–Crippen LogP) is 3.93. The summed E-state index contributed by atoms with van der Waals surface area (Å²) >= 11 is 0. The Morgan fingerprint density at radius 2 is 1.78 bits per heavy atom. The van der Waals surface area contributed by atoms with Crippen LogP contribution in [0.15, 0.2) is 18.3 Å². The Morgan fingerprint density at radius 3 is 2.26 bits per heavy atom. The van der Waals surface area contributed by atoms with Crippen LogP contribution in [0.3, 0.4) is 0 Å². The fourth-order valence-electron chi connectivity index (χ4n) is 2.72. The summed E-state index contributed by atoms with van der Waals surface area (Å²) in [7, 11) is -0.307. The quantitative estimate of drug-likeness (QED) is 0.788. The summed E-state index contributed by atoms with van der Waals surface area (Å²) in [5.74, 6) is 0.0108. The normalized spacial score (nSPS) is 28.7. The second kappa shape index (κ2) is 5.11.